The number of carbonyl (C=O) groups is 2. The lowest BCUT2D eigenvalue weighted by atomic mass is 10.0. The molecule has 0 N–H and O–H groups in total. The fraction of sp³-hybridized carbons (Fsp3) is 0.429. The van der Waals surface area contributed by atoms with Crippen molar-refractivity contribution in [3.63, 3.8) is 0 Å². The van der Waals surface area contributed by atoms with Crippen LogP contribution in [-0.4, -0.2) is 37.0 Å². The van der Waals surface area contributed by atoms with E-state index >= 15 is 0 Å². The summed E-state index contributed by atoms with van der Waals surface area (Å²) in [6.07, 6.45) is 7.21. The van der Waals surface area contributed by atoms with Gasteiger partial charge in [-0.3, -0.25) is 4.79 Å². The summed E-state index contributed by atoms with van der Waals surface area (Å²) in [5.41, 5.74) is 0.893. The SMILES string of the molecule is C=C/C(=C\C=C/C)C[C@@H](C(C)=O)N(C)C(=O)OC. The lowest BCUT2D eigenvalue weighted by Crippen LogP contribution is -2.41. The standard InChI is InChI=1S/C14H21NO3/c1-6-8-9-12(7-2)10-13(11(3)16)15(4)14(17)18-5/h6-9,13H,2,10H2,1,3-5H3/b8-6-,12-9+/t13-/m0/s1. The molecule has 1 atom stereocenters. The van der Waals surface area contributed by atoms with E-state index in [9.17, 15) is 9.59 Å². The van der Waals surface area contributed by atoms with E-state index in [0.717, 1.165) is 5.57 Å². The molecule has 0 rings (SSSR count). The predicted octanol–water partition coefficient (Wildman–Crippen LogP) is 2.72. The number of hydrogen-bond donors (Lipinski definition) is 0. The number of rotatable bonds is 6. The van der Waals surface area contributed by atoms with Crippen LogP contribution in [0.5, 0.6) is 0 Å². The molecule has 0 fully saturated rings. The molecule has 0 aromatic carbocycles. The maximum absolute atomic E-state index is 11.6. The van der Waals surface area contributed by atoms with Gasteiger partial charge in [0.05, 0.1) is 13.2 Å². The summed E-state index contributed by atoms with van der Waals surface area (Å²) in [5, 5.41) is 0. The van der Waals surface area contributed by atoms with Gasteiger partial charge >= 0.3 is 6.09 Å². The fourth-order valence-corrected chi connectivity index (χ4v) is 1.49. The average molecular weight is 251 g/mol. The van der Waals surface area contributed by atoms with E-state index in [0.29, 0.717) is 6.42 Å². The van der Waals surface area contributed by atoms with Gasteiger partial charge in [0.2, 0.25) is 0 Å². The first-order valence-corrected chi connectivity index (χ1v) is 5.73. The van der Waals surface area contributed by atoms with Crippen molar-refractivity contribution in [3.05, 3.63) is 36.5 Å². The maximum atomic E-state index is 11.6. The van der Waals surface area contributed by atoms with Gasteiger partial charge in [0.25, 0.3) is 0 Å². The number of carbonyl (C=O) groups excluding carboxylic acids is 2. The lowest BCUT2D eigenvalue weighted by Gasteiger charge is -2.25. The molecule has 0 aliphatic heterocycles. The Hall–Kier alpha value is -1.84. The monoisotopic (exact) mass is 251 g/mol. The highest BCUT2D eigenvalue weighted by atomic mass is 16.5. The molecule has 0 saturated heterocycles. The molecule has 0 aliphatic carbocycles. The van der Waals surface area contributed by atoms with E-state index in [4.69, 9.17) is 0 Å². The molecule has 4 heteroatoms. The van der Waals surface area contributed by atoms with Crippen LogP contribution >= 0.6 is 0 Å². The van der Waals surface area contributed by atoms with Gasteiger partial charge in [-0.25, -0.2) is 4.79 Å². The number of allylic oxidation sites excluding steroid dienone is 4. The molecule has 0 unspecified atom stereocenters. The van der Waals surface area contributed by atoms with Crippen LogP contribution in [0.25, 0.3) is 0 Å². The van der Waals surface area contributed by atoms with Gasteiger partial charge in [-0.1, -0.05) is 30.9 Å². The van der Waals surface area contributed by atoms with Crippen molar-refractivity contribution in [1.82, 2.24) is 4.90 Å². The zero-order valence-corrected chi connectivity index (χ0v) is 11.5. The van der Waals surface area contributed by atoms with E-state index in [1.165, 1.54) is 18.9 Å². The second-order valence-electron chi connectivity index (χ2n) is 3.88. The van der Waals surface area contributed by atoms with Gasteiger partial charge in [-0.15, -0.1) is 0 Å². The summed E-state index contributed by atoms with van der Waals surface area (Å²) in [6, 6.07) is -0.535. The molecular formula is C14H21NO3. The zero-order valence-electron chi connectivity index (χ0n) is 11.5. The van der Waals surface area contributed by atoms with E-state index in [-0.39, 0.29) is 5.78 Å². The molecule has 0 bridgehead atoms. The van der Waals surface area contributed by atoms with Crippen LogP contribution < -0.4 is 0 Å². The first-order valence-electron chi connectivity index (χ1n) is 5.73. The Morgan fingerprint density at radius 1 is 1.44 bits per heavy atom. The maximum Gasteiger partial charge on any atom is 0.409 e. The Bertz CT molecular complexity index is 369. The topological polar surface area (TPSA) is 46.6 Å². The number of methoxy groups -OCH3 is 1. The Labute approximate surface area is 109 Å². The first kappa shape index (κ1) is 16.2. The molecular weight excluding hydrogens is 230 g/mol. The van der Waals surface area contributed by atoms with Crippen molar-refractivity contribution < 1.29 is 14.3 Å². The number of amides is 1. The van der Waals surface area contributed by atoms with Crippen LogP contribution in [0.1, 0.15) is 20.3 Å². The number of ketones is 1. The molecule has 0 saturated carbocycles. The molecule has 1 amide bonds. The molecule has 0 aliphatic rings. The summed E-state index contributed by atoms with van der Waals surface area (Å²) in [7, 11) is 2.84. The third-order valence-corrected chi connectivity index (χ3v) is 2.59. The van der Waals surface area contributed by atoms with E-state index in [1.807, 2.05) is 25.2 Å². The highest BCUT2D eigenvalue weighted by molar-refractivity contribution is 5.85. The molecule has 100 valence electrons. The minimum absolute atomic E-state index is 0.0869. The van der Waals surface area contributed by atoms with Crippen LogP contribution in [0.2, 0.25) is 0 Å². The molecule has 0 aromatic rings. The van der Waals surface area contributed by atoms with E-state index in [1.54, 1.807) is 13.1 Å². The summed E-state index contributed by atoms with van der Waals surface area (Å²) in [6.45, 7) is 7.06. The van der Waals surface area contributed by atoms with Gasteiger partial charge in [0.1, 0.15) is 0 Å². The highest BCUT2D eigenvalue weighted by Gasteiger charge is 2.24. The van der Waals surface area contributed by atoms with Gasteiger partial charge in [0.15, 0.2) is 5.78 Å². The number of ether oxygens (including phenoxy) is 1. The van der Waals surface area contributed by atoms with Crippen LogP contribution in [0.4, 0.5) is 4.79 Å². The van der Waals surface area contributed by atoms with Crippen molar-refractivity contribution >= 4 is 11.9 Å². The van der Waals surface area contributed by atoms with Crippen molar-refractivity contribution in [2.24, 2.45) is 0 Å². The molecule has 0 spiro atoms. The van der Waals surface area contributed by atoms with Gasteiger partial charge in [-0.05, 0) is 19.4 Å². The van der Waals surface area contributed by atoms with Gasteiger partial charge < -0.3 is 9.64 Å². The minimum Gasteiger partial charge on any atom is -0.453 e. The third-order valence-electron chi connectivity index (χ3n) is 2.59. The minimum atomic E-state index is -0.535. The van der Waals surface area contributed by atoms with E-state index in [2.05, 4.69) is 11.3 Å². The summed E-state index contributed by atoms with van der Waals surface area (Å²) in [5.74, 6) is -0.0869. The molecule has 0 radical (unpaired) electrons. The molecule has 18 heavy (non-hydrogen) atoms. The Morgan fingerprint density at radius 2 is 2.06 bits per heavy atom. The average Bonchev–Trinajstić information content (AvgIpc) is 2.37. The third kappa shape index (κ3) is 4.99. The zero-order chi connectivity index (χ0) is 14.1. The second-order valence-corrected chi connectivity index (χ2v) is 3.88. The Morgan fingerprint density at radius 3 is 2.44 bits per heavy atom. The number of likely N-dealkylation sites (N-methyl/N-ethyl adjacent to an activating group) is 1. The van der Waals surface area contributed by atoms with Crippen molar-refractivity contribution in [2.45, 2.75) is 26.3 Å². The largest absolute Gasteiger partial charge is 0.453 e. The number of hydrogen-bond acceptors (Lipinski definition) is 3. The van der Waals surface area contributed by atoms with Crippen molar-refractivity contribution in [2.75, 3.05) is 14.2 Å². The summed E-state index contributed by atoms with van der Waals surface area (Å²) in [4.78, 5) is 24.3. The predicted molar refractivity (Wildman–Crippen MR) is 72.3 cm³/mol. The van der Waals surface area contributed by atoms with Crippen LogP contribution in [-0.2, 0) is 9.53 Å². The summed E-state index contributed by atoms with van der Waals surface area (Å²) < 4.78 is 4.61. The number of nitrogens with zero attached hydrogens (tertiary/aromatic N) is 1. The molecule has 0 heterocycles. The van der Waals surface area contributed by atoms with Gasteiger partial charge in [0, 0.05) is 13.5 Å². The van der Waals surface area contributed by atoms with Crippen LogP contribution in [0.3, 0.4) is 0 Å². The summed E-state index contributed by atoms with van der Waals surface area (Å²) >= 11 is 0. The molecule has 0 aromatic heterocycles. The van der Waals surface area contributed by atoms with Crippen molar-refractivity contribution in [3.8, 4) is 0 Å². The first-order chi connectivity index (χ1) is 8.47. The number of Topliss-reactive ketones (excluding diaryl/α,β-unsaturated/α-hetero) is 1. The smallest absolute Gasteiger partial charge is 0.409 e. The van der Waals surface area contributed by atoms with Crippen LogP contribution in [0.15, 0.2) is 36.5 Å². The van der Waals surface area contributed by atoms with E-state index < -0.39 is 12.1 Å². The quantitative estimate of drug-likeness (QED) is 0.682. The Kier molecular flexibility index (Phi) is 7.43. The van der Waals surface area contributed by atoms with Crippen molar-refractivity contribution in [1.29, 1.82) is 0 Å². The lowest BCUT2D eigenvalue weighted by molar-refractivity contribution is -0.121. The second kappa shape index (κ2) is 8.28. The van der Waals surface area contributed by atoms with Gasteiger partial charge in [-0.2, -0.15) is 0 Å². The highest BCUT2D eigenvalue weighted by Crippen LogP contribution is 2.13. The fourth-order valence-electron chi connectivity index (χ4n) is 1.49. The normalized spacial score (nSPS) is 13.2. The van der Waals surface area contributed by atoms with Crippen LogP contribution in [0, 0.1) is 0 Å². The Balaban J connectivity index is 4.97. The molecule has 4 nitrogen and oxygen atoms in total.